The average molecular weight is 513 g/mol. The second-order valence-electron chi connectivity index (χ2n) is 7.26. The standard InChI is InChI=1S/C20H19ClFN4O7P/c21-14-5-11(1-2-15(14)22)25-20-13-6-17(26-19(27)9-32-34(28,29)30)18(7-16(13)23-10-24-20)33-12-3-4-31-8-12/h1-2,5-7,10,12H,3-4,8-9H2,(H,26,27)(H,23,24,25)(H2,28,29,30). The highest BCUT2D eigenvalue weighted by atomic mass is 35.5. The summed E-state index contributed by atoms with van der Waals surface area (Å²) in [7, 11) is -4.83. The highest BCUT2D eigenvalue weighted by molar-refractivity contribution is 7.46. The first kappa shape index (κ1) is 24.3. The van der Waals surface area contributed by atoms with Crippen LogP contribution >= 0.6 is 19.4 Å². The number of halogens is 2. The molecule has 0 saturated carbocycles. The predicted molar refractivity (Wildman–Crippen MR) is 121 cm³/mol. The number of hydrogen-bond donors (Lipinski definition) is 4. The summed E-state index contributed by atoms with van der Waals surface area (Å²) in [6.45, 7) is 0.0277. The molecule has 0 spiro atoms. The van der Waals surface area contributed by atoms with Crippen LogP contribution in [0.25, 0.3) is 10.9 Å². The van der Waals surface area contributed by atoms with Gasteiger partial charge in [-0.1, -0.05) is 11.6 Å². The Balaban J connectivity index is 1.68. The molecule has 1 aliphatic heterocycles. The molecule has 1 atom stereocenters. The van der Waals surface area contributed by atoms with Crippen molar-refractivity contribution < 1.29 is 37.5 Å². The van der Waals surface area contributed by atoms with Gasteiger partial charge in [0.1, 0.15) is 36.4 Å². The molecule has 34 heavy (non-hydrogen) atoms. The number of nitrogens with zero attached hydrogens (tertiary/aromatic N) is 2. The Morgan fingerprint density at radius 1 is 1.29 bits per heavy atom. The number of carbonyl (C=O) groups excluding carboxylic acids is 1. The third-order valence-electron chi connectivity index (χ3n) is 4.74. The van der Waals surface area contributed by atoms with E-state index in [4.69, 9.17) is 30.9 Å². The fraction of sp³-hybridized carbons (Fsp3) is 0.250. The minimum atomic E-state index is -4.83. The van der Waals surface area contributed by atoms with E-state index in [-0.39, 0.29) is 22.6 Å². The average Bonchev–Trinajstić information content (AvgIpc) is 3.28. The molecule has 1 aromatic heterocycles. The molecular formula is C20H19ClFN4O7P. The molecule has 11 nitrogen and oxygen atoms in total. The van der Waals surface area contributed by atoms with E-state index >= 15 is 0 Å². The van der Waals surface area contributed by atoms with E-state index in [1.165, 1.54) is 24.5 Å². The van der Waals surface area contributed by atoms with Crippen LogP contribution < -0.4 is 15.4 Å². The van der Waals surface area contributed by atoms with Gasteiger partial charge in [0.25, 0.3) is 5.91 Å². The smallest absolute Gasteiger partial charge is 0.470 e. The first-order chi connectivity index (χ1) is 16.2. The van der Waals surface area contributed by atoms with Crippen LogP contribution in [0.3, 0.4) is 0 Å². The third kappa shape index (κ3) is 6.17. The van der Waals surface area contributed by atoms with Crippen molar-refractivity contribution >= 4 is 53.4 Å². The lowest BCUT2D eigenvalue weighted by molar-refractivity contribution is -0.118. The number of carbonyl (C=O) groups is 1. The highest BCUT2D eigenvalue weighted by Crippen LogP contribution is 2.37. The summed E-state index contributed by atoms with van der Waals surface area (Å²) < 4.78 is 40.0. The maximum absolute atomic E-state index is 13.5. The van der Waals surface area contributed by atoms with Gasteiger partial charge in [0, 0.05) is 23.6 Å². The van der Waals surface area contributed by atoms with Gasteiger partial charge in [0.2, 0.25) is 0 Å². The van der Waals surface area contributed by atoms with Crippen LogP contribution in [0.5, 0.6) is 5.75 Å². The number of fused-ring (bicyclic) bond motifs is 1. The zero-order chi connectivity index (χ0) is 24.3. The van der Waals surface area contributed by atoms with Crippen molar-refractivity contribution in [1.82, 2.24) is 9.97 Å². The maximum atomic E-state index is 13.5. The summed E-state index contributed by atoms with van der Waals surface area (Å²) in [5.41, 5.74) is 1.15. The van der Waals surface area contributed by atoms with Crippen molar-refractivity contribution in [3.63, 3.8) is 0 Å². The van der Waals surface area contributed by atoms with Crippen LogP contribution in [0.15, 0.2) is 36.7 Å². The molecule has 0 radical (unpaired) electrons. The summed E-state index contributed by atoms with van der Waals surface area (Å²) in [4.78, 5) is 38.4. The van der Waals surface area contributed by atoms with Crippen molar-refractivity contribution in [2.24, 2.45) is 0 Å². The SMILES string of the molecule is O=C(COP(=O)(O)O)Nc1cc2c(Nc3ccc(F)c(Cl)c3)ncnc2cc1OC1CCOC1. The largest absolute Gasteiger partial charge is 0.486 e. The van der Waals surface area contributed by atoms with E-state index in [0.29, 0.717) is 42.0 Å². The molecule has 0 aliphatic carbocycles. The summed E-state index contributed by atoms with van der Waals surface area (Å²) in [5, 5.41) is 5.96. The van der Waals surface area contributed by atoms with Gasteiger partial charge in [-0.25, -0.2) is 18.9 Å². The fourth-order valence-electron chi connectivity index (χ4n) is 3.20. The Morgan fingerprint density at radius 3 is 2.82 bits per heavy atom. The Labute approximate surface area is 197 Å². The number of hydrogen-bond acceptors (Lipinski definition) is 8. The van der Waals surface area contributed by atoms with Crippen LogP contribution in [-0.2, 0) is 18.6 Å². The number of anilines is 3. The lowest BCUT2D eigenvalue weighted by Gasteiger charge is -2.18. The van der Waals surface area contributed by atoms with E-state index in [1.54, 1.807) is 12.1 Å². The van der Waals surface area contributed by atoms with Gasteiger partial charge in [-0.2, -0.15) is 0 Å². The first-order valence-electron chi connectivity index (χ1n) is 9.93. The molecular weight excluding hydrogens is 494 g/mol. The van der Waals surface area contributed by atoms with Gasteiger partial charge in [-0.05, 0) is 24.3 Å². The van der Waals surface area contributed by atoms with E-state index in [2.05, 4.69) is 25.1 Å². The molecule has 2 heterocycles. The molecule has 180 valence electrons. The number of phosphoric ester groups is 1. The number of aromatic nitrogens is 2. The molecule has 1 amide bonds. The number of benzene rings is 2. The number of amides is 1. The van der Waals surface area contributed by atoms with Crippen molar-refractivity contribution in [1.29, 1.82) is 0 Å². The van der Waals surface area contributed by atoms with Crippen molar-refractivity contribution in [3.8, 4) is 5.75 Å². The zero-order valence-corrected chi connectivity index (χ0v) is 19.1. The van der Waals surface area contributed by atoms with Crippen molar-refractivity contribution in [2.45, 2.75) is 12.5 Å². The van der Waals surface area contributed by atoms with Crippen molar-refractivity contribution in [3.05, 3.63) is 47.5 Å². The minimum Gasteiger partial charge on any atom is -0.486 e. The lowest BCUT2D eigenvalue weighted by Crippen LogP contribution is -2.20. The fourth-order valence-corrected chi connectivity index (χ4v) is 3.67. The maximum Gasteiger partial charge on any atom is 0.470 e. The molecule has 4 N–H and O–H groups in total. The van der Waals surface area contributed by atoms with Gasteiger partial charge in [0.05, 0.1) is 29.4 Å². The number of rotatable bonds is 8. The van der Waals surface area contributed by atoms with Crippen LogP contribution in [0, 0.1) is 5.82 Å². The number of ether oxygens (including phenoxy) is 2. The van der Waals surface area contributed by atoms with Crippen LogP contribution in [0.1, 0.15) is 6.42 Å². The normalized spacial score (nSPS) is 15.9. The van der Waals surface area contributed by atoms with E-state index < -0.39 is 26.2 Å². The number of phosphoric acid groups is 1. The van der Waals surface area contributed by atoms with Gasteiger partial charge >= 0.3 is 7.82 Å². The molecule has 0 bridgehead atoms. The predicted octanol–water partition coefficient (Wildman–Crippen LogP) is 3.38. The second-order valence-corrected chi connectivity index (χ2v) is 8.90. The van der Waals surface area contributed by atoms with Gasteiger partial charge in [-0.15, -0.1) is 0 Å². The Morgan fingerprint density at radius 2 is 2.12 bits per heavy atom. The van der Waals surface area contributed by atoms with Crippen LogP contribution in [0.4, 0.5) is 21.6 Å². The summed E-state index contributed by atoms with van der Waals surface area (Å²) in [5.74, 6) is -0.765. The molecule has 2 aromatic carbocycles. The monoisotopic (exact) mass is 512 g/mol. The topological polar surface area (TPSA) is 152 Å². The molecule has 1 aliphatic rings. The summed E-state index contributed by atoms with van der Waals surface area (Å²) >= 11 is 5.85. The Kier molecular flexibility index (Phi) is 7.27. The number of nitrogens with one attached hydrogen (secondary N) is 2. The van der Waals surface area contributed by atoms with Crippen molar-refractivity contribution in [2.75, 3.05) is 30.5 Å². The van der Waals surface area contributed by atoms with Gasteiger partial charge in [-0.3, -0.25) is 9.32 Å². The van der Waals surface area contributed by atoms with Gasteiger partial charge in [0.15, 0.2) is 0 Å². The van der Waals surface area contributed by atoms with Crippen LogP contribution in [0.2, 0.25) is 5.02 Å². The Hall–Kier alpha value is -2.86. The quantitative estimate of drug-likeness (QED) is 0.330. The first-order valence-corrected chi connectivity index (χ1v) is 11.8. The molecule has 1 saturated heterocycles. The lowest BCUT2D eigenvalue weighted by atomic mass is 10.1. The zero-order valence-electron chi connectivity index (χ0n) is 17.4. The molecule has 4 rings (SSSR count). The van der Waals surface area contributed by atoms with E-state index in [1.807, 2.05) is 0 Å². The van der Waals surface area contributed by atoms with Gasteiger partial charge < -0.3 is 29.9 Å². The Bertz CT molecular complexity index is 1270. The highest BCUT2D eigenvalue weighted by Gasteiger charge is 2.22. The molecule has 14 heteroatoms. The minimum absolute atomic E-state index is 0.0733. The van der Waals surface area contributed by atoms with E-state index in [0.717, 1.165) is 0 Å². The molecule has 1 fully saturated rings. The molecule has 3 aromatic rings. The third-order valence-corrected chi connectivity index (χ3v) is 5.49. The molecule has 1 unspecified atom stereocenters. The summed E-state index contributed by atoms with van der Waals surface area (Å²) in [6, 6.07) is 7.22. The summed E-state index contributed by atoms with van der Waals surface area (Å²) in [6.07, 6.45) is 1.72. The second kappa shape index (κ2) is 10.2. The van der Waals surface area contributed by atoms with E-state index in [9.17, 15) is 13.8 Å². The van der Waals surface area contributed by atoms with Crippen LogP contribution in [-0.4, -0.2) is 51.6 Å².